The summed E-state index contributed by atoms with van der Waals surface area (Å²) in [5, 5.41) is 0. The van der Waals surface area contributed by atoms with Crippen LogP contribution in [0.3, 0.4) is 0 Å². The number of sulfonamides is 1. The number of rotatable bonds is 5. The van der Waals surface area contributed by atoms with Gasteiger partial charge < -0.3 is 18.9 Å². The maximum Gasteiger partial charge on any atom is 0.348 e. The predicted octanol–water partition coefficient (Wildman–Crippen LogP) is 2.93. The molecule has 2 aliphatic heterocycles. The van der Waals surface area contributed by atoms with E-state index in [1.165, 1.54) is 25.4 Å². The van der Waals surface area contributed by atoms with Crippen molar-refractivity contribution < 1.29 is 37.0 Å². The van der Waals surface area contributed by atoms with Crippen LogP contribution in [0, 0.1) is 6.92 Å². The Morgan fingerprint density at radius 3 is 2.47 bits per heavy atom. The Hall–Kier alpha value is -2.63. The van der Waals surface area contributed by atoms with E-state index in [0.717, 1.165) is 16.9 Å². The van der Waals surface area contributed by atoms with Crippen LogP contribution < -0.4 is 9.47 Å². The molecule has 3 heterocycles. The average molecular weight is 482 g/mol. The fourth-order valence-electron chi connectivity index (χ4n) is 4.03. The van der Waals surface area contributed by atoms with Crippen molar-refractivity contribution in [2.75, 3.05) is 34.0 Å². The van der Waals surface area contributed by atoms with Gasteiger partial charge in [0.2, 0.25) is 0 Å². The summed E-state index contributed by atoms with van der Waals surface area (Å²) in [7, 11) is -1.75. The highest BCUT2D eigenvalue weighted by atomic mass is 32.2. The van der Waals surface area contributed by atoms with Gasteiger partial charge in [-0.1, -0.05) is 6.07 Å². The summed E-state index contributed by atoms with van der Waals surface area (Å²) < 4.78 is 49.4. The van der Waals surface area contributed by atoms with Crippen LogP contribution in [0.4, 0.5) is 0 Å². The van der Waals surface area contributed by atoms with Gasteiger partial charge in [-0.05, 0) is 43.0 Å². The molecule has 1 aromatic carbocycles. The van der Waals surface area contributed by atoms with Gasteiger partial charge in [0.25, 0.3) is 10.0 Å². The minimum Gasteiger partial charge on any atom is -0.486 e. The highest BCUT2D eigenvalue weighted by Crippen LogP contribution is 2.43. The molecule has 0 aliphatic carbocycles. The Kier molecular flexibility index (Phi) is 6.15. The molecule has 0 N–H and O–H groups in total. The summed E-state index contributed by atoms with van der Waals surface area (Å²) in [6.45, 7) is 2.69. The van der Waals surface area contributed by atoms with Crippen molar-refractivity contribution in [3.8, 4) is 11.5 Å². The molecule has 0 radical (unpaired) electrons. The van der Waals surface area contributed by atoms with Crippen molar-refractivity contribution in [3.05, 3.63) is 39.8 Å². The van der Waals surface area contributed by atoms with Gasteiger partial charge in [0, 0.05) is 6.54 Å². The second kappa shape index (κ2) is 8.72. The number of hydrogen-bond donors (Lipinski definition) is 0. The van der Waals surface area contributed by atoms with Crippen molar-refractivity contribution in [3.63, 3.8) is 0 Å². The van der Waals surface area contributed by atoms with Crippen molar-refractivity contribution in [2.24, 2.45) is 0 Å². The third kappa shape index (κ3) is 3.74. The topological polar surface area (TPSA) is 108 Å². The number of benzene rings is 1. The molecule has 0 bridgehead atoms. The molecule has 0 spiro atoms. The summed E-state index contributed by atoms with van der Waals surface area (Å²) in [5.41, 5.74) is 0.865. The van der Waals surface area contributed by atoms with E-state index in [1.54, 1.807) is 12.1 Å². The summed E-state index contributed by atoms with van der Waals surface area (Å²) in [6, 6.07) is 4.96. The van der Waals surface area contributed by atoms with Gasteiger partial charge in [0.15, 0.2) is 15.7 Å². The Morgan fingerprint density at radius 2 is 1.78 bits per heavy atom. The molecular formula is C21H23NO8S2. The first kappa shape index (κ1) is 22.6. The van der Waals surface area contributed by atoms with Crippen LogP contribution in [-0.2, 0) is 19.5 Å². The van der Waals surface area contributed by atoms with Crippen molar-refractivity contribution >= 4 is 33.3 Å². The largest absolute Gasteiger partial charge is 0.486 e. The van der Waals surface area contributed by atoms with E-state index in [2.05, 4.69) is 0 Å². The van der Waals surface area contributed by atoms with Crippen LogP contribution >= 0.6 is 11.3 Å². The van der Waals surface area contributed by atoms with Crippen molar-refractivity contribution in [2.45, 2.75) is 30.0 Å². The van der Waals surface area contributed by atoms with E-state index < -0.39 is 28.0 Å². The van der Waals surface area contributed by atoms with Gasteiger partial charge >= 0.3 is 11.9 Å². The number of fused-ring (bicyclic) bond motifs is 1. The minimum atomic E-state index is -4.12. The first-order valence-electron chi connectivity index (χ1n) is 10.0. The van der Waals surface area contributed by atoms with E-state index in [0.29, 0.717) is 37.6 Å². The SMILES string of the molecule is COC(=O)c1sc(S(=O)(=O)N2CCCC2c2ccc3c(c2)OCCO3)c(C(=O)OC)c1C. The van der Waals surface area contributed by atoms with Crippen LogP contribution in [0.25, 0.3) is 0 Å². The zero-order valence-electron chi connectivity index (χ0n) is 17.9. The number of thiophene rings is 1. The lowest BCUT2D eigenvalue weighted by atomic mass is 10.0. The van der Waals surface area contributed by atoms with E-state index in [1.807, 2.05) is 6.07 Å². The Bertz CT molecular complexity index is 1170. The minimum absolute atomic E-state index is 0.0570. The lowest BCUT2D eigenvalue weighted by Crippen LogP contribution is -2.31. The Labute approximate surface area is 189 Å². The average Bonchev–Trinajstić information content (AvgIpc) is 3.43. The Morgan fingerprint density at radius 1 is 1.09 bits per heavy atom. The second-order valence-corrected chi connectivity index (χ2v) is 10.5. The molecule has 2 aromatic rings. The quantitative estimate of drug-likeness (QED) is 0.600. The summed E-state index contributed by atoms with van der Waals surface area (Å²) in [6.07, 6.45) is 1.26. The smallest absolute Gasteiger partial charge is 0.348 e. The highest BCUT2D eigenvalue weighted by Gasteiger charge is 2.41. The maximum atomic E-state index is 13.7. The number of carbonyl (C=O) groups is 2. The molecular weight excluding hydrogens is 458 g/mol. The molecule has 11 heteroatoms. The molecule has 1 aromatic heterocycles. The number of esters is 2. The molecule has 4 rings (SSSR count). The highest BCUT2D eigenvalue weighted by molar-refractivity contribution is 7.91. The molecule has 32 heavy (non-hydrogen) atoms. The van der Waals surface area contributed by atoms with Gasteiger partial charge in [-0.15, -0.1) is 11.3 Å². The van der Waals surface area contributed by atoms with Gasteiger partial charge in [-0.3, -0.25) is 0 Å². The first-order valence-corrected chi connectivity index (χ1v) is 12.3. The summed E-state index contributed by atoms with van der Waals surface area (Å²) >= 11 is 0.727. The lowest BCUT2D eigenvalue weighted by molar-refractivity contribution is 0.0596. The third-order valence-electron chi connectivity index (χ3n) is 5.57. The van der Waals surface area contributed by atoms with Crippen LogP contribution in [0.15, 0.2) is 22.4 Å². The first-order chi connectivity index (χ1) is 15.3. The zero-order chi connectivity index (χ0) is 23.0. The predicted molar refractivity (Wildman–Crippen MR) is 115 cm³/mol. The van der Waals surface area contributed by atoms with E-state index in [9.17, 15) is 18.0 Å². The molecule has 1 fully saturated rings. The zero-order valence-corrected chi connectivity index (χ0v) is 19.5. The van der Waals surface area contributed by atoms with Gasteiger partial charge in [0.05, 0.1) is 25.8 Å². The number of carbonyl (C=O) groups excluding carboxylic acids is 2. The normalized spacial score (nSPS) is 18.4. The van der Waals surface area contributed by atoms with E-state index in [-0.39, 0.29) is 26.8 Å². The van der Waals surface area contributed by atoms with Gasteiger partial charge in [-0.25, -0.2) is 18.0 Å². The molecule has 1 atom stereocenters. The third-order valence-corrected chi connectivity index (χ3v) is 9.25. The molecule has 0 saturated carbocycles. The fourth-order valence-corrected chi connectivity index (χ4v) is 7.57. The maximum absolute atomic E-state index is 13.7. The fraction of sp³-hybridized carbons (Fsp3) is 0.429. The number of methoxy groups -OCH3 is 2. The number of hydrogen-bond acceptors (Lipinski definition) is 9. The number of ether oxygens (including phenoxy) is 4. The molecule has 1 saturated heterocycles. The van der Waals surface area contributed by atoms with Gasteiger partial charge in [-0.2, -0.15) is 4.31 Å². The summed E-state index contributed by atoms with van der Waals surface area (Å²) in [5.74, 6) is -0.323. The molecule has 1 unspecified atom stereocenters. The Balaban J connectivity index is 1.77. The monoisotopic (exact) mass is 481 g/mol. The summed E-state index contributed by atoms with van der Waals surface area (Å²) in [4.78, 5) is 24.7. The number of nitrogens with zero attached hydrogens (tertiary/aromatic N) is 1. The van der Waals surface area contributed by atoms with Crippen molar-refractivity contribution in [1.29, 1.82) is 0 Å². The second-order valence-electron chi connectivity index (χ2n) is 7.38. The van der Waals surface area contributed by atoms with E-state index in [4.69, 9.17) is 18.9 Å². The van der Waals surface area contributed by atoms with Crippen LogP contribution in [0.1, 0.15) is 50.0 Å². The van der Waals surface area contributed by atoms with Crippen molar-refractivity contribution in [1.82, 2.24) is 4.31 Å². The molecule has 172 valence electrons. The standard InChI is InChI=1S/C21H23NO8S2/c1-12-17(19(23)27-2)21(31-18(12)20(24)28-3)32(25,26)22-8-4-5-14(22)13-6-7-15-16(11-13)30-10-9-29-15/h6-7,11,14H,4-5,8-10H2,1-3H3. The van der Waals surface area contributed by atoms with Crippen LogP contribution in [0.2, 0.25) is 0 Å². The van der Waals surface area contributed by atoms with Gasteiger partial charge in [0.1, 0.15) is 18.1 Å². The van der Waals surface area contributed by atoms with E-state index >= 15 is 0 Å². The molecule has 0 amide bonds. The van der Waals surface area contributed by atoms with Crippen LogP contribution in [0.5, 0.6) is 11.5 Å². The lowest BCUT2D eigenvalue weighted by Gasteiger charge is -2.26. The molecule has 2 aliphatic rings. The molecule has 9 nitrogen and oxygen atoms in total. The van der Waals surface area contributed by atoms with Crippen LogP contribution in [-0.4, -0.2) is 58.6 Å².